The first kappa shape index (κ1) is 23.9. The van der Waals surface area contributed by atoms with Gasteiger partial charge >= 0.3 is 5.97 Å². The number of esters is 1. The maximum atomic E-state index is 12.6. The fraction of sp³-hybridized carbons (Fsp3) is 0.375. The molecule has 0 aliphatic carbocycles. The van der Waals surface area contributed by atoms with E-state index in [4.69, 9.17) is 14.2 Å². The predicted octanol–water partition coefficient (Wildman–Crippen LogP) is 4.26. The van der Waals surface area contributed by atoms with Crippen LogP contribution in [-0.2, 0) is 14.3 Å². The molecule has 0 aliphatic heterocycles. The molecule has 0 fully saturated rings. The summed E-state index contributed by atoms with van der Waals surface area (Å²) in [6, 6.07) is 13.2. The molecule has 166 valence electrons. The molecule has 7 heteroatoms. The first-order valence-corrected chi connectivity index (χ1v) is 9.98. The molecule has 2 aromatic rings. The Hall–Kier alpha value is -3.35. The van der Waals surface area contributed by atoms with Crippen molar-refractivity contribution >= 4 is 23.3 Å². The van der Waals surface area contributed by atoms with Gasteiger partial charge in [0.25, 0.3) is 0 Å². The number of anilines is 1. The van der Waals surface area contributed by atoms with Crippen molar-refractivity contribution in [3.8, 4) is 11.5 Å². The molecular formula is C24H29NO6. The molecule has 0 saturated heterocycles. The monoisotopic (exact) mass is 427 g/mol. The van der Waals surface area contributed by atoms with Gasteiger partial charge in [-0.1, -0.05) is 20.8 Å². The van der Waals surface area contributed by atoms with Crippen molar-refractivity contribution in [2.75, 3.05) is 12.4 Å². The summed E-state index contributed by atoms with van der Waals surface area (Å²) in [5.74, 6) is 0.0343. The maximum Gasteiger partial charge on any atom is 0.347 e. The van der Waals surface area contributed by atoms with Crippen molar-refractivity contribution in [1.82, 2.24) is 0 Å². The molecule has 0 heterocycles. The highest BCUT2D eigenvalue weighted by Crippen LogP contribution is 2.20. The van der Waals surface area contributed by atoms with E-state index >= 15 is 0 Å². The van der Waals surface area contributed by atoms with Crippen LogP contribution in [0.5, 0.6) is 11.5 Å². The smallest absolute Gasteiger partial charge is 0.347 e. The summed E-state index contributed by atoms with van der Waals surface area (Å²) in [7, 11) is 1.56. The number of carbonyl (C=O) groups excluding carboxylic acids is 3. The molecule has 2 rings (SSSR count). The third kappa shape index (κ3) is 6.84. The Kier molecular flexibility index (Phi) is 7.80. The second-order valence-electron chi connectivity index (χ2n) is 8.16. The fourth-order valence-corrected chi connectivity index (χ4v) is 2.50. The number of hydrogen-bond acceptors (Lipinski definition) is 6. The average Bonchev–Trinajstić information content (AvgIpc) is 2.73. The van der Waals surface area contributed by atoms with Gasteiger partial charge in [0.2, 0.25) is 11.7 Å². The van der Waals surface area contributed by atoms with Crippen LogP contribution in [0.2, 0.25) is 0 Å². The largest absolute Gasteiger partial charge is 0.497 e. The van der Waals surface area contributed by atoms with Gasteiger partial charge < -0.3 is 19.5 Å². The molecule has 0 spiro atoms. The summed E-state index contributed by atoms with van der Waals surface area (Å²) in [5, 5.41) is 2.79. The topological polar surface area (TPSA) is 90.9 Å². The van der Waals surface area contributed by atoms with Gasteiger partial charge in [0.15, 0.2) is 12.2 Å². The van der Waals surface area contributed by atoms with E-state index in [9.17, 15) is 14.4 Å². The number of benzene rings is 2. The van der Waals surface area contributed by atoms with Crippen molar-refractivity contribution in [3.63, 3.8) is 0 Å². The van der Waals surface area contributed by atoms with Crippen molar-refractivity contribution in [2.45, 2.75) is 46.8 Å². The zero-order valence-electron chi connectivity index (χ0n) is 18.7. The van der Waals surface area contributed by atoms with Gasteiger partial charge in [-0.15, -0.1) is 0 Å². The van der Waals surface area contributed by atoms with Gasteiger partial charge in [-0.25, -0.2) is 4.79 Å². The predicted molar refractivity (Wildman–Crippen MR) is 117 cm³/mol. The zero-order chi connectivity index (χ0) is 23.2. The number of carbonyl (C=O) groups is 3. The standard InChI is InChI=1S/C24H29NO6/c1-15(31-22(27)16(2)30-20-13-11-19(29-6)12-14-20)21(26)17-7-9-18(10-8-17)25-23(28)24(3,4)5/h7-16H,1-6H3,(H,25,28). The van der Waals surface area contributed by atoms with Gasteiger partial charge in [-0.3, -0.25) is 9.59 Å². The summed E-state index contributed by atoms with van der Waals surface area (Å²) < 4.78 is 15.9. The number of ketones is 1. The number of nitrogens with one attached hydrogen (secondary N) is 1. The molecule has 0 bridgehead atoms. The third-order valence-electron chi connectivity index (χ3n) is 4.47. The molecule has 0 radical (unpaired) electrons. The van der Waals surface area contributed by atoms with E-state index in [2.05, 4.69) is 5.32 Å². The van der Waals surface area contributed by atoms with Crippen molar-refractivity contribution < 1.29 is 28.6 Å². The number of rotatable bonds is 8. The number of hydrogen-bond donors (Lipinski definition) is 1. The molecule has 0 saturated carbocycles. The summed E-state index contributed by atoms with van der Waals surface area (Å²) in [5.41, 5.74) is 0.433. The van der Waals surface area contributed by atoms with Gasteiger partial charge in [0.05, 0.1) is 7.11 Å². The minimum absolute atomic E-state index is 0.125. The molecule has 1 N–H and O–H groups in total. The minimum Gasteiger partial charge on any atom is -0.497 e. The zero-order valence-corrected chi connectivity index (χ0v) is 18.7. The van der Waals surface area contributed by atoms with E-state index in [0.717, 1.165) is 0 Å². The number of ether oxygens (including phenoxy) is 3. The molecule has 7 nitrogen and oxygen atoms in total. The fourth-order valence-electron chi connectivity index (χ4n) is 2.50. The number of amides is 1. The Morgan fingerprint density at radius 1 is 0.839 bits per heavy atom. The second-order valence-corrected chi connectivity index (χ2v) is 8.16. The van der Waals surface area contributed by atoms with E-state index < -0.39 is 23.6 Å². The lowest BCUT2D eigenvalue weighted by molar-refractivity contribution is -0.153. The summed E-state index contributed by atoms with van der Waals surface area (Å²) >= 11 is 0. The van der Waals surface area contributed by atoms with E-state index in [-0.39, 0.29) is 11.7 Å². The van der Waals surface area contributed by atoms with Crippen LogP contribution in [0.25, 0.3) is 0 Å². The molecule has 1 amide bonds. The van der Waals surface area contributed by atoms with Gasteiger partial charge in [0, 0.05) is 16.7 Å². The Morgan fingerprint density at radius 3 is 1.90 bits per heavy atom. The van der Waals surface area contributed by atoms with Crippen LogP contribution >= 0.6 is 0 Å². The Bertz CT molecular complexity index is 913. The first-order chi connectivity index (χ1) is 14.5. The normalized spacial score (nSPS) is 13.0. The summed E-state index contributed by atoms with van der Waals surface area (Å²) in [6.07, 6.45) is -1.87. The molecule has 2 unspecified atom stereocenters. The first-order valence-electron chi connectivity index (χ1n) is 9.98. The summed E-state index contributed by atoms with van der Waals surface area (Å²) in [6.45, 7) is 8.51. The average molecular weight is 427 g/mol. The number of Topliss-reactive ketones (excluding diaryl/α,β-unsaturated/α-hetero) is 1. The minimum atomic E-state index is -0.982. The highest BCUT2D eigenvalue weighted by atomic mass is 16.6. The van der Waals surface area contributed by atoms with E-state index in [1.54, 1.807) is 62.6 Å². The second kappa shape index (κ2) is 10.1. The lowest BCUT2D eigenvalue weighted by atomic mass is 9.95. The lowest BCUT2D eigenvalue weighted by Crippen LogP contribution is -2.32. The van der Waals surface area contributed by atoms with Crippen LogP contribution in [0.4, 0.5) is 5.69 Å². The highest BCUT2D eigenvalue weighted by Gasteiger charge is 2.25. The van der Waals surface area contributed by atoms with E-state index in [1.807, 2.05) is 20.8 Å². The number of methoxy groups -OCH3 is 1. The highest BCUT2D eigenvalue weighted by molar-refractivity contribution is 6.01. The van der Waals surface area contributed by atoms with E-state index in [1.165, 1.54) is 6.92 Å². The molecule has 31 heavy (non-hydrogen) atoms. The van der Waals surface area contributed by atoms with Crippen LogP contribution in [0.3, 0.4) is 0 Å². The van der Waals surface area contributed by atoms with Crippen LogP contribution in [-0.4, -0.2) is 37.0 Å². The molecule has 0 aromatic heterocycles. The Balaban J connectivity index is 1.93. The van der Waals surface area contributed by atoms with Crippen LogP contribution in [0, 0.1) is 5.41 Å². The third-order valence-corrected chi connectivity index (χ3v) is 4.47. The quantitative estimate of drug-likeness (QED) is 0.500. The van der Waals surface area contributed by atoms with Crippen molar-refractivity contribution in [3.05, 3.63) is 54.1 Å². The van der Waals surface area contributed by atoms with Gasteiger partial charge in [-0.05, 0) is 62.4 Å². The molecule has 2 atom stereocenters. The summed E-state index contributed by atoms with van der Waals surface area (Å²) in [4.78, 5) is 37.0. The van der Waals surface area contributed by atoms with Gasteiger partial charge in [-0.2, -0.15) is 0 Å². The Labute approximate surface area is 182 Å². The molecular weight excluding hydrogens is 398 g/mol. The molecule has 2 aromatic carbocycles. The van der Waals surface area contributed by atoms with E-state index in [0.29, 0.717) is 22.7 Å². The van der Waals surface area contributed by atoms with Crippen LogP contribution in [0.15, 0.2) is 48.5 Å². The molecule has 0 aliphatic rings. The van der Waals surface area contributed by atoms with Crippen LogP contribution in [0.1, 0.15) is 45.0 Å². The van der Waals surface area contributed by atoms with Gasteiger partial charge in [0.1, 0.15) is 11.5 Å². The maximum absolute atomic E-state index is 12.6. The lowest BCUT2D eigenvalue weighted by Gasteiger charge is -2.18. The Morgan fingerprint density at radius 2 is 1.39 bits per heavy atom. The SMILES string of the molecule is COc1ccc(OC(C)C(=O)OC(C)C(=O)c2ccc(NC(=O)C(C)(C)C)cc2)cc1. The van der Waals surface area contributed by atoms with Crippen LogP contribution < -0.4 is 14.8 Å². The van der Waals surface area contributed by atoms with Crippen molar-refractivity contribution in [1.29, 1.82) is 0 Å². The van der Waals surface area contributed by atoms with Crippen molar-refractivity contribution in [2.24, 2.45) is 5.41 Å².